The van der Waals surface area contributed by atoms with Crippen LogP contribution in [0.25, 0.3) is 5.73 Å². The first-order valence-corrected chi connectivity index (χ1v) is 5.14. The molecule has 5 nitrogen and oxygen atoms in total. The predicted octanol–water partition coefficient (Wildman–Crippen LogP) is -1.82. The average Bonchev–Trinajstić information content (AvgIpc) is 1.97. The molecule has 0 heterocycles. The molecule has 76 valence electrons. The van der Waals surface area contributed by atoms with Crippen molar-refractivity contribution in [2.24, 2.45) is 0 Å². The number of nitrogens with one attached hydrogen (secondary N) is 1. The van der Waals surface area contributed by atoms with Gasteiger partial charge in [-0.2, -0.15) is 8.42 Å². The van der Waals surface area contributed by atoms with Gasteiger partial charge in [-0.3, -0.25) is 4.55 Å². The van der Waals surface area contributed by atoms with Crippen LogP contribution in [0.15, 0.2) is 11.6 Å². The zero-order valence-corrected chi connectivity index (χ0v) is 12.4. The van der Waals surface area contributed by atoms with Crippen LogP contribution in [0.4, 0.5) is 0 Å². The Morgan fingerprint density at radius 2 is 2.00 bits per heavy atom. The Hall–Kier alpha value is 0.756. The Bertz CT molecular complexity index is 323. The second-order valence-electron chi connectivity index (χ2n) is 2.78. The molecule has 7 heteroatoms. The number of hydrogen-bond donors (Lipinski definition) is 1. The Balaban J connectivity index is 0. The fourth-order valence-corrected chi connectivity index (χ4v) is 0.896. The van der Waals surface area contributed by atoms with Gasteiger partial charge in [0.1, 0.15) is 0 Å². The third-order valence-electron chi connectivity index (χ3n) is 1.62. The minimum absolute atomic E-state index is 0. The van der Waals surface area contributed by atoms with E-state index in [0.717, 1.165) is 0 Å². The summed E-state index contributed by atoms with van der Waals surface area (Å²) in [5.41, 5.74) is 6.84. The van der Waals surface area contributed by atoms with Gasteiger partial charge >= 0.3 is 51.4 Å². The van der Waals surface area contributed by atoms with Gasteiger partial charge in [0.25, 0.3) is 10.1 Å². The molecule has 0 aromatic rings. The molecule has 14 heavy (non-hydrogen) atoms. The Morgan fingerprint density at radius 3 is 2.29 bits per heavy atom. The van der Waals surface area contributed by atoms with Gasteiger partial charge in [0.05, 0.1) is 11.2 Å². The number of carbonyl (C=O) groups is 1. The van der Waals surface area contributed by atoms with Crippen LogP contribution in [0.1, 0.15) is 20.3 Å². The minimum atomic E-state index is -4.04. The maximum atomic E-state index is 10.5. The van der Waals surface area contributed by atoms with Crippen LogP contribution in [-0.2, 0) is 14.9 Å². The van der Waals surface area contributed by atoms with E-state index < -0.39 is 21.3 Å². The van der Waals surface area contributed by atoms with Gasteiger partial charge in [-0.15, -0.1) is 0 Å². The first kappa shape index (κ1) is 17.2. The standard InChI is InChI=1S/C7H13NO4S.K/c1-5(7(8)9)3-4-6(2)13(10,11)12;/h3,6H,4H2,1-2H3,(H3,8,9,10,11,12);/q;+1/p-1. The number of carbonyl (C=O) groups excluding carboxylic acids is 1. The molecule has 1 unspecified atom stereocenters. The van der Waals surface area contributed by atoms with Gasteiger partial charge in [0.2, 0.25) is 0 Å². The predicted molar refractivity (Wildman–Crippen MR) is 48.7 cm³/mol. The van der Waals surface area contributed by atoms with Crippen LogP contribution in [0.2, 0.25) is 0 Å². The topological polar surface area (TPSA) is 95.2 Å². The summed E-state index contributed by atoms with van der Waals surface area (Å²) in [5, 5.41) is -0.943. The molecule has 0 aliphatic rings. The van der Waals surface area contributed by atoms with Crippen molar-refractivity contribution in [1.29, 1.82) is 0 Å². The van der Waals surface area contributed by atoms with Gasteiger partial charge in [-0.1, -0.05) is 6.08 Å². The number of hydrogen-bond acceptors (Lipinski definition) is 3. The third-order valence-corrected chi connectivity index (χ3v) is 2.83. The summed E-state index contributed by atoms with van der Waals surface area (Å²) in [7, 11) is -4.04. The SMILES string of the molecule is CC(=CCC(C)S(=O)(=O)O)C([NH-])=O.[K+]. The van der Waals surface area contributed by atoms with E-state index in [9.17, 15) is 13.2 Å². The van der Waals surface area contributed by atoms with E-state index in [0.29, 0.717) is 0 Å². The molecular formula is C7H12KNO4S. The van der Waals surface area contributed by atoms with Crippen molar-refractivity contribution >= 4 is 16.0 Å². The van der Waals surface area contributed by atoms with Crippen LogP contribution < -0.4 is 51.4 Å². The first-order valence-electron chi connectivity index (χ1n) is 3.64. The molecule has 0 saturated heterocycles. The number of amides is 1. The Kier molecular flexibility index (Phi) is 8.70. The fourth-order valence-electron chi connectivity index (χ4n) is 0.557. The van der Waals surface area contributed by atoms with Gasteiger partial charge in [-0.05, 0) is 25.8 Å². The van der Waals surface area contributed by atoms with Gasteiger partial charge in [0, 0.05) is 0 Å². The van der Waals surface area contributed by atoms with Crippen molar-refractivity contribution in [3.8, 4) is 0 Å². The van der Waals surface area contributed by atoms with Crippen molar-refractivity contribution in [2.45, 2.75) is 25.5 Å². The summed E-state index contributed by atoms with van der Waals surface area (Å²) in [6, 6.07) is 0. The van der Waals surface area contributed by atoms with Crippen molar-refractivity contribution in [3.05, 3.63) is 17.4 Å². The van der Waals surface area contributed by atoms with Crippen LogP contribution in [0.5, 0.6) is 0 Å². The Morgan fingerprint density at radius 1 is 1.57 bits per heavy atom. The van der Waals surface area contributed by atoms with E-state index in [1.54, 1.807) is 0 Å². The van der Waals surface area contributed by atoms with Crippen LogP contribution in [-0.4, -0.2) is 24.1 Å². The normalized spacial score (nSPS) is 14.4. The second kappa shape index (κ2) is 7.10. The quantitative estimate of drug-likeness (QED) is 0.358. The largest absolute Gasteiger partial charge is 1.00 e. The number of rotatable bonds is 4. The molecule has 0 aliphatic carbocycles. The third kappa shape index (κ3) is 7.10. The summed E-state index contributed by atoms with van der Waals surface area (Å²) in [5.74, 6) is -0.845. The molecule has 0 aromatic heterocycles. The number of allylic oxidation sites excluding steroid dienone is 1. The van der Waals surface area contributed by atoms with Gasteiger partial charge in [0.15, 0.2) is 0 Å². The molecular weight excluding hydrogens is 233 g/mol. The zero-order valence-electron chi connectivity index (χ0n) is 8.44. The van der Waals surface area contributed by atoms with Crippen molar-refractivity contribution < 1.29 is 69.1 Å². The first-order chi connectivity index (χ1) is 5.75. The van der Waals surface area contributed by atoms with E-state index >= 15 is 0 Å². The van der Waals surface area contributed by atoms with E-state index in [4.69, 9.17) is 10.3 Å². The summed E-state index contributed by atoms with van der Waals surface area (Å²) >= 11 is 0. The molecule has 0 spiro atoms. The van der Waals surface area contributed by atoms with E-state index in [-0.39, 0.29) is 63.4 Å². The Labute approximate surface area is 126 Å². The molecule has 0 fully saturated rings. The molecule has 1 amide bonds. The van der Waals surface area contributed by atoms with Gasteiger partial charge < -0.3 is 10.5 Å². The minimum Gasteiger partial charge on any atom is -0.664 e. The summed E-state index contributed by atoms with van der Waals surface area (Å²) in [6.07, 6.45) is 1.36. The van der Waals surface area contributed by atoms with Crippen molar-refractivity contribution in [1.82, 2.24) is 0 Å². The fraction of sp³-hybridized carbons (Fsp3) is 0.571. The second-order valence-corrected chi connectivity index (χ2v) is 4.61. The van der Waals surface area contributed by atoms with E-state index in [1.807, 2.05) is 0 Å². The van der Waals surface area contributed by atoms with Crippen LogP contribution >= 0.6 is 0 Å². The molecule has 1 atom stereocenters. The average molecular weight is 245 g/mol. The van der Waals surface area contributed by atoms with Crippen molar-refractivity contribution in [2.75, 3.05) is 0 Å². The molecule has 0 aliphatic heterocycles. The summed E-state index contributed by atoms with van der Waals surface area (Å²) < 4.78 is 29.6. The maximum Gasteiger partial charge on any atom is 1.00 e. The summed E-state index contributed by atoms with van der Waals surface area (Å²) in [6.45, 7) is 2.75. The van der Waals surface area contributed by atoms with Crippen LogP contribution in [0.3, 0.4) is 0 Å². The molecule has 0 bridgehead atoms. The smallest absolute Gasteiger partial charge is 0.664 e. The zero-order chi connectivity index (χ0) is 10.6. The molecule has 2 N–H and O–H groups in total. The molecule has 0 rings (SSSR count). The van der Waals surface area contributed by atoms with Gasteiger partial charge in [-0.25, -0.2) is 0 Å². The van der Waals surface area contributed by atoms with E-state index in [1.165, 1.54) is 19.9 Å². The molecule has 0 aromatic carbocycles. The monoisotopic (exact) mass is 245 g/mol. The summed E-state index contributed by atoms with van der Waals surface area (Å²) in [4.78, 5) is 10.4. The molecule has 0 radical (unpaired) electrons. The van der Waals surface area contributed by atoms with Crippen LogP contribution in [0, 0.1) is 0 Å². The van der Waals surface area contributed by atoms with Crippen molar-refractivity contribution in [3.63, 3.8) is 0 Å². The van der Waals surface area contributed by atoms with E-state index in [2.05, 4.69) is 0 Å². The maximum absolute atomic E-state index is 10.5. The molecule has 0 saturated carbocycles.